The first-order valence-electron chi connectivity index (χ1n) is 11.5. The summed E-state index contributed by atoms with van der Waals surface area (Å²) in [5.41, 5.74) is 2.24. The molecular weight excluding hydrogens is 535 g/mol. The number of ether oxygens (including phenoxy) is 1. The van der Waals surface area contributed by atoms with Gasteiger partial charge < -0.3 is 10.1 Å². The summed E-state index contributed by atoms with van der Waals surface area (Å²) in [5.74, 6) is 8.03. The minimum atomic E-state index is -2.40. The average Bonchev–Trinajstić information content (AvgIpc) is 3.29. The number of nitrogens with zero attached hydrogens (tertiary/aromatic N) is 3. The molecule has 0 radical (unpaired) electrons. The maximum absolute atomic E-state index is 13.4. The molecule has 1 saturated heterocycles. The number of thiophene rings is 1. The van der Waals surface area contributed by atoms with Gasteiger partial charge in [0.15, 0.2) is 5.82 Å². The van der Waals surface area contributed by atoms with E-state index in [1.807, 2.05) is 12.1 Å². The van der Waals surface area contributed by atoms with Gasteiger partial charge in [-0.15, -0.1) is 11.3 Å². The number of fused-ring (bicyclic) bond motifs is 1. The van der Waals surface area contributed by atoms with Crippen LogP contribution in [0.5, 0.6) is 5.75 Å². The Balaban J connectivity index is 1.24. The molecule has 0 spiro atoms. The smallest absolute Gasteiger partial charge is 0.151 e. The quantitative estimate of drug-likeness (QED) is 0.242. The lowest BCUT2D eigenvalue weighted by Crippen LogP contribution is -2.38. The summed E-state index contributed by atoms with van der Waals surface area (Å²) in [7, 11) is -2.40. The standard InChI is InChI=1S/C26H24ClFN4O3S2/c27-22-14-20(6-7-24(22)35-16-18-3-1-4-19(28)13-18)31-26-25-23(29-17-30-26)15-21(36-25)5-2-8-32-9-11-37(33,34)12-10-32/h1,3-4,6-7,13-15,17,33-34H,8-12,16H2,(H,29,30,31). The van der Waals surface area contributed by atoms with E-state index in [0.717, 1.165) is 20.8 Å². The van der Waals surface area contributed by atoms with Crippen molar-refractivity contribution in [3.63, 3.8) is 0 Å². The van der Waals surface area contributed by atoms with E-state index in [4.69, 9.17) is 16.3 Å². The van der Waals surface area contributed by atoms with Crippen molar-refractivity contribution in [2.24, 2.45) is 0 Å². The van der Waals surface area contributed by atoms with E-state index < -0.39 is 10.6 Å². The zero-order valence-electron chi connectivity index (χ0n) is 19.7. The van der Waals surface area contributed by atoms with E-state index in [1.165, 1.54) is 29.8 Å². The summed E-state index contributed by atoms with van der Waals surface area (Å²) in [5, 5.41) is 3.71. The van der Waals surface area contributed by atoms with Crippen LogP contribution in [0.4, 0.5) is 15.9 Å². The minimum absolute atomic E-state index is 0.207. The van der Waals surface area contributed by atoms with E-state index in [1.54, 1.807) is 24.3 Å². The number of aromatic nitrogens is 2. The number of hydrogen-bond acceptors (Lipinski definition) is 8. The molecule has 37 heavy (non-hydrogen) atoms. The average molecular weight is 559 g/mol. The van der Waals surface area contributed by atoms with Crippen molar-refractivity contribution in [1.29, 1.82) is 0 Å². The molecule has 192 valence electrons. The SMILES string of the molecule is OS1(O)CCN(CC#Cc2cc3ncnc(Nc4ccc(OCc5cccc(F)c5)c(Cl)c4)c3s2)CC1. The lowest BCUT2D eigenvalue weighted by Gasteiger charge is -2.40. The highest BCUT2D eigenvalue weighted by Gasteiger charge is 2.21. The van der Waals surface area contributed by atoms with Crippen molar-refractivity contribution < 1.29 is 18.2 Å². The second-order valence-electron chi connectivity index (χ2n) is 8.52. The van der Waals surface area contributed by atoms with E-state index in [2.05, 4.69) is 32.0 Å². The lowest BCUT2D eigenvalue weighted by molar-refractivity contribution is 0.306. The summed E-state index contributed by atoms with van der Waals surface area (Å²) in [6.45, 7) is 2.06. The van der Waals surface area contributed by atoms with Crippen molar-refractivity contribution in [1.82, 2.24) is 14.9 Å². The Labute approximate surface area is 224 Å². The molecule has 2 aromatic carbocycles. The Morgan fingerprint density at radius 1 is 1.14 bits per heavy atom. The summed E-state index contributed by atoms with van der Waals surface area (Å²) in [6.07, 6.45) is 1.50. The zero-order chi connectivity index (χ0) is 25.8. The Morgan fingerprint density at radius 3 is 2.76 bits per heavy atom. The molecular formula is C26H24ClFN4O3S2. The molecule has 0 unspecified atom stereocenters. The Kier molecular flexibility index (Phi) is 7.81. The predicted octanol–water partition coefficient (Wildman–Crippen LogP) is 6.22. The third-order valence-electron chi connectivity index (χ3n) is 5.77. The van der Waals surface area contributed by atoms with Crippen molar-refractivity contribution in [3.8, 4) is 17.6 Å². The van der Waals surface area contributed by atoms with Gasteiger partial charge in [-0.1, -0.05) is 35.6 Å². The van der Waals surface area contributed by atoms with Gasteiger partial charge in [0.2, 0.25) is 0 Å². The fraction of sp³-hybridized carbons (Fsp3) is 0.231. The molecule has 1 aliphatic heterocycles. The van der Waals surface area contributed by atoms with Gasteiger partial charge in [0.05, 0.1) is 38.2 Å². The molecule has 3 heterocycles. The lowest BCUT2D eigenvalue weighted by atomic mass is 10.2. The molecule has 0 amide bonds. The molecule has 7 nitrogen and oxygen atoms in total. The Bertz CT molecular complexity index is 1480. The van der Waals surface area contributed by atoms with Crippen LogP contribution in [-0.4, -0.2) is 55.1 Å². The first-order chi connectivity index (χ1) is 17.8. The Hall–Kier alpha value is -2.91. The topological polar surface area (TPSA) is 90.7 Å². The second-order valence-corrected chi connectivity index (χ2v) is 12.4. The molecule has 5 rings (SSSR count). The van der Waals surface area contributed by atoms with Crippen LogP contribution in [0.2, 0.25) is 5.02 Å². The maximum Gasteiger partial charge on any atom is 0.151 e. The number of nitrogens with one attached hydrogen (secondary N) is 1. The first kappa shape index (κ1) is 25.7. The van der Waals surface area contributed by atoms with Gasteiger partial charge in [0, 0.05) is 18.8 Å². The predicted molar refractivity (Wildman–Crippen MR) is 149 cm³/mol. The monoisotopic (exact) mass is 558 g/mol. The summed E-state index contributed by atoms with van der Waals surface area (Å²) in [4.78, 5) is 11.8. The molecule has 1 fully saturated rings. The molecule has 3 N–H and O–H groups in total. The molecule has 11 heteroatoms. The fourth-order valence-corrected chi connectivity index (χ4v) is 6.26. The molecule has 0 saturated carbocycles. The van der Waals surface area contributed by atoms with Crippen LogP contribution in [0.3, 0.4) is 0 Å². The highest BCUT2D eigenvalue weighted by Crippen LogP contribution is 2.40. The largest absolute Gasteiger partial charge is 0.487 e. The van der Waals surface area contributed by atoms with Crippen molar-refractivity contribution in [3.05, 3.63) is 76.1 Å². The number of hydrogen-bond donors (Lipinski definition) is 3. The van der Waals surface area contributed by atoms with Crippen molar-refractivity contribution >= 4 is 55.2 Å². The highest BCUT2D eigenvalue weighted by atomic mass is 35.5. The van der Waals surface area contributed by atoms with Crippen LogP contribution in [0.15, 0.2) is 54.9 Å². The molecule has 2 aromatic heterocycles. The normalized spacial score (nSPS) is 16.1. The number of rotatable bonds is 6. The van der Waals surface area contributed by atoms with Crippen molar-refractivity contribution in [2.75, 3.05) is 36.5 Å². The van der Waals surface area contributed by atoms with Gasteiger partial charge in [-0.2, -0.15) is 10.6 Å². The van der Waals surface area contributed by atoms with Crippen LogP contribution < -0.4 is 10.1 Å². The summed E-state index contributed by atoms with van der Waals surface area (Å²) >= 11 is 7.93. The van der Waals surface area contributed by atoms with Gasteiger partial charge in [0.1, 0.15) is 24.5 Å². The molecule has 4 aromatic rings. The van der Waals surface area contributed by atoms with E-state index in [0.29, 0.717) is 53.3 Å². The van der Waals surface area contributed by atoms with Gasteiger partial charge >= 0.3 is 0 Å². The zero-order valence-corrected chi connectivity index (χ0v) is 22.0. The third-order valence-corrected chi connectivity index (χ3v) is 8.79. The van der Waals surface area contributed by atoms with Gasteiger partial charge in [-0.25, -0.2) is 14.4 Å². The summed E-state index contributed by atoms with van der Waals surface area (Å²) < 4.78 is 39.5. The van der Waals surface area contributed by atoms with Crippen LogP contribution in [0, 0.1) is 17.7 Å². The number of anilines is 2. The Morgan fingerprint density at radius 2 is 1.97 bits per heavy atom. The minimum Gasteiger partial charge on any atom is -0.487 e. The van der Waals surface area contributed by atoms with E-state index in [-0.39, 0.29) is 12.4 Å². The first-order valence-corrected chi connectivity index (χ1v) is 14.6. The molecule has 0 atom stereocenters. The highest BCUT2D eigenvalue weighted by molar-refractivity contribution is 8.24. The molecule has 0 aliphatic carbocycles. The maximum atomic E-state index is 13.4. The number of benzene rings is 2. The molecule has 1 aliphatic rings. The van der Waals surface area contributed by atoms with Crippen molar-refractivity contribution in [2.45, 2.75) is 6.61 Å². The van der Waals surface area contributed by atoms with Gasteiger partial charge in [-0.3, -0.25) is 14.0 Å². The number of halogens is 2. The second kappa shape index (κ2) is 11.2. The van der Waals surface area contributed by atoms with Crippen LogP contribution in [0.1, 0.15) is 10.4 Å². The van der Waals surface area contributed by atoms with Crippen LogP contribution in [0.25, 0.3) is 10.2 Å². The van der Waals surface area contributed by atoms with Crippen LogP contribution >= 0.6 is 33.5 Å². The summed E-state index contributed by atoms with van der Waals surface area (Å²) in [6, 6.07) is 13.5. The van der Waals surface area contributed by atoms with Gasteiger partial charge in [-0.05, 0) is 42.0 Å². The van der Waals surface area contributed by atoms with Crippen LogP contribution in [-0.2, 0) is 6.61 Å². The fourth-order valence-electron chi connectivity index (χ4n) is 3.79. The third kappa shape index (κ3) is 6.70. The molecule has 0 bridgehead atoms. The van der Waals surface area contributed by atoms with E-state index >= 15 is 0 Å². The van der Waals surface area contributed by atoms with Gasteiger partial charge in [0.25, 0.3) is 0 Å². The van der Waals surface area contributed by atoms with E-state index in [9.17, 15) is 13.5 Å².